The van der Waals surface area contributed by atoms with Gasteiger partial charge in [-0.1, -0.05) is 29.4 Å². The minimum Gasteiger partial charge on any atom is -0.411 e. The molecular formula is C14H9FN2OS. The number of oxime groups is 1. The van der Waals surface area contributed by atoms with Crippen LogP contribution in [0.2, 0.25) is 0 Å². The Hall–Kier alpha value is -2.27. The molecular weight excluding hydrogens is 263 g/mol. The lowest BCUT2D eigenvalue weighted by molar-refractivity contribution is 0.322. The number of halogens is 1. The summed E-state index contributed by atoms with van der Waals surface area (Å²) in [6.45, 7) is 0. The third kappa shape index (κ3) is 2.20. The van der Waals surface area contributed by atoms with E-state index in [1.165, 1.54) is 29.7 Å². The molecule has 5 heteroatoms. The van der Waals surface area contributed by atoms with E-state index in [0.29, 0.717) is 0 Å². The molecule has 0 bridgehead atoms. The first-order chi connectivity index (χ1) is 9.28. The molecule has 0 fully saturated rings. The largest absolute Gasteiger partial charge is 0.411 e. The van der Waals surface area contributed by atoms with E-state index in [1.54, 1.807) is 6.07 Å². The van der Waals surface area contributed by atoms with E-state index in [4.69, 9.17) is 5.21 Å². The van der Waals surface area contributed by atoms with Gasteiger partial charge in [-0.05, 0) is 18.2 Å². The van der Waals surface area contributed by atoms with Crippen molar-refractivity contribution < 1.29 is 9.60 Å². The normalized spacial score (nSPS) is 11.4. The first kappa shape index (κ1) is 11.8. The number of hydrogen-bond acceptors (Lipinski definition) is 4. The summed E-state index contributed by atoms with van der Waals surface area (Å²) in [5, 5.41) is 12.5. The van der Waals surface area contributed by atoms with Crippen molar-refractivity contribution in [2.75, 3.05) is 0 Å². The molecule has 19 heavy (non-hydrogen) atoms. The van der Waals surface area contributed by atoms with Gasteiger partial charge in [-0.25, -0.2) is 9.37 Å². The van der Waals surface area contributed by atoms with Crippen molar-refractivity contribution in [3.05, 3.63) is 53.8 Å². The zero-order valence-electron chi connectivity index (χ0n) is 9.75. The minimum atomic E-state index is -0.270. The fraction of sp³-hybridized carbons (Fsp3) is 0. The van der Waals surface area contributed by atoms with Crippen LogP contribution >= 0.6 is 11.3 Å². The van der Waals surface area contributed by atoms with Crippen LogP contribution in [0.1, 0.15) is 5.56 Å². The SMILES string of the molecule is O/N=C/c1ccccc1-c1nc2ccc(F)cc2s1. The smallest absolute Gasteiger partial charge is 0.125 e. The highest BCUT2D eigenvalue weighted by Crippen LogP contribution is 2.31. The second-order valence-corrected chi connectivity index (χ2v) is 4.99. The van der Waals surface area contributed by atoms with Crippen LogP contribution in [0.3, 0.4) is 0 Å². The Morgan fingerprint density at radius 3 is 2.89 bits per heavy atom. The molecule has 0 aliphatic heterocycles. The Kier molecular flexibility index (Phi) is 2.97. The molecule has 2 aromatic carbocycles. The summed E-state index contributed by atoms with van der Waals surface area (Å²) < 4.78 is 14.0. The highest BCUT2D eigenvalue weighted by atomic mass is 32.1. The maximum atomic E-state index is 13.2. The van der Waals surface area contributed by atoms with E-state index in [9.17, 15) is 4.39 Å². The molecule has 0 spiro atoms. The van der Waals surface area contributed by atoms with E-state index in [0.717, 1.165) is 26.4 Å². The van der Waals surface area contributed by atoms with Crippen LogP contribution in [0, 0.1) is 5.82 Å². The number of benzene rings is 2. The first-order valence-electron chi connectivity index (χ1n) is 5.61. The second-order valence-electron chi connectivity index (χ2n) is 3.96. The molecule has 0 aliphatic rings. The summed E-state index contributed by atoms with van der Waals surface area (Å²) in [7, 11) is 0. The van der Waals surface area contributed by atoms with Gasteiger partial charge in [0, 0.05) is 11.1 Å². The number of rotatable bonds is 2. The molecule has 1 N–H and O–H groups in total. The molecule has 0 aliphatic carbocycles. The van der Waals surface area contributed by atoms with Crippen molar-refractivity contribution >= 4 is 27.8 Å². The maximum Gasteiger partial charge on any atom is 0.125 e. The lowest BCUT2D eigenvalue weighted by Gasteiger charge is -2.00. The average Bonchev–Trinajstić information content (AvgIpc) is 2.82. The van der Waals surface area contributed by atoms with E-state index >= 15 is 0 Å². The molecule has 0 radical (unpaired) electrons. The van der Waals surface area contributed by atoms with Gasteiger partial charge in [0.25, 0.3) is 0 Å². The fourth-order valence-electron chi connectivity index (χ4n) is 1.88. The zero-order valence-corrected chi connectivity index (χ0v) is 10.6. The van der Waals surface area contributed by atoms with Crippen LogP contribution in [-0.4, -0.2) is 16.4 Å². The summed E-state index contributed by atoms with van der Waals surface area (Å²) in [4.78, 5) is 4.48. The van der Waals surface area contributed by atoms with E-state index in [1.807, 2.05) is 24.3 Å². The van der Waals surface area contributed by atoms with E-state index in [2.05, 4.69) is 10.1 Å². The van der Waals surface area contributed by atoms with Gasteiger partial charge in [0.1, 0.15) is 10.8 Å². The van der Waals surface area contributed by atoms with Gasteiger partial charge < -0.3 is 5.21 Å². The number of fused-ring (bicyclic) bond motifs is 1. The quantitative estimate of drug-likeness (QED) is 0.436. The number of nitrogens with zero attached hydrogens (tertiary/aromatic N) is 2. The van der Waals surface area contributed by atoms with Gasteiger partial charge in [-0.2, -0.15) is 0 Å². The van der Waals surface area contributed by atoms with Gasteiger partial charge in [0.2, 0.25) is 0 Å². The summed E-state index contributed by atoms with van der Waals surface area (Å²) in [6, 6.07) is 12.0. The predicted molar refractivity (Wildman–Crippen MR) is 74.4 cm³/mol. The molecule has 1 aromatic heterocycles. The van der Waals surface area contributed by atoms with Crippen molar-refractivity contribution in [1.29, 1.82) is 0 Å². The van der Waals surface area contributed by atoms with Crippen molar-refractivity contribution in [1.82, 2.24) is 4.98 Å². The number of thiazole rings is 1. The molecule has 3 nitrogen and oxygen atoms in total. The molecule has 94 valence electrons. The lowest BCUT2D eigenvalue weighted by atomic mass is 10.1. The van der Waals surface area contributed by atoms with Gasteiger partial charge in [0.15, 0.2) is 0 Å². The van der Waals surface area contributed by atoms with Crippen LogP contribution in [0.15, 0.2) is 47.6 Å². The first-order valence-corrected chi connectivity index (χ1v) is 6.42. The summed E-state index contributed by atoms with van der Waals surface area (Å²) in [5.41, 5.74) is 2.39. The van der Waals surface area contributed by atoms with Gasteiger partial charge in [-0.3, -0.25) is 0 Å². The molecule has 0 atom stereocenters. The second kappa shape index (κ2) is 4.78. The minimum absolute atomic E-state index is 0.270. The Morgan fingerprint density at radius 1 is 1.21 bits per heavy atom. The monoisotopic (exact) mass is 272 g/mol. The molecule has 0 saturated carbocycles. The van der Waals surface area contributed by atoms with E-state index in [-0.39, 0.29) is 5.82 Å². The van der Waals surface area contributed by atoms with Gasteiger partial charge in [0.05, 0.1) is 16.4 Å². The third-order valence-corrected chi connectivity index (χ3v) is 3.79. The van der Waals surface area contributed by atoms with Crippen molar-refractivity contribution in [2.45, 2.75) is 0 Å². The maximum absolute atomic E-state index is 13.2. The number of aromatic nitrogens is 1. The van der Waals surface area contributed by atoms with Crippen molar-refractivity contribution in [3.63, 3.8) is 0 Å². The lowest BCUT2D eigenvalue weighted by Crippen LogP contribution is -1.86. The van der Waals surface area contributed by atoms with Gasteiger partial charge in [-0.15, -0.1) is 11.3 Å². The molecule has 1 heterocycles. The third-order valence-electron chi connectivity index (χ3n) is 2.74. The standard InChI is InChI=1S/C14H9FN2OS/c15-10-5-6-12-13(7-10)19-14(17-12)11-4-2-1-3-9(11)8-16-18/h1-8,18H/b16-8+. The molecule has 0 unspecified atom stereocenters. The topological polar surface area (TPSA) is 45.5 Å². The van der Waals surface area contributed by atoms with Gasteiger partial charge >= 0.3 is 0 Å². The van der Waals surface area contributed by atoms with Crippen LogP contribution in [-0.2, 0) is 0 Å². The Bertz CT molecular complexity index is 767. The van der Waals surface area contributed by atoms with Crippen molar-refractivity contribution in [2.24, 2.45) is 5.16 Å². The Morgan fingerprint density at radius 2 is 2.05 bits per heavy atom. The summed E-state index contributed by atoms with van der Waals surface area (Å²) in [6.07, 6.45) is 1.36. The average molecular weight is 272 g/mol. The fourth-order valence-corrected chi connectivity index (χ4v) is 2.92. The highest BCUT2D eigenvalue weighted by Gasteiger charge is 2.09. The Balaban J connectivity index is 2.19. The van der Waals surface area contributed by atoms with Crippen molar-refractivity contribution in [3.8, 4) is 10.6 Å². The predicted octanol–water partition coefficient (Wildman–Crippen LogP) is 3.91. The molecule has 0 amide bonds. The molecule has 3 rings (SSSR count). The summed E-state index contributed by atoms with van der Waals surface area (Å²) in [5.74, 6) is -0.270. The highest BCUT2D eigenvalue weighted by molar-refractivity contribution is 7.21. The number of hydrogen-bond donors (Lipinski definition) is 1. The Labute approximate surface area is 112 Å². The van der Waals surface area contributed by atoms with Crippen LogP contribution < -0.4 is 0 Å². The summed E-state index contributed by atoms with van der Waals surface area (Å²) >= 11 is 1.41. The van der Waals surface area contributed by atoms with Crippen LogP contribution in [0.4, 0.5) is 4.39 Å². The molecule has 3 aromatic rings. The van der Waals surface area contributed by atoms with Crippen LogP contribution in [0.5, 0.6) is 0 Å². The molecule has 0 saturated heterocycles. The van der Waals surface area contributed by atoms with E-state index < -0.39 is 0 Å². The van der Waals surface area contributed by atoms with Crippen LogP contribution in [0.25, 0.3) is 20.8 Å². The zero-order chi connectivity index (χ0) is 13.2.